The van der Waals surface area contributed by atoms with Gasteiger partial charge in [0.1, 0.15) is 5.56 Å². The Bertz CT molecular complexity index is 1030. The Kier molecular flexibility index (Phi) is 6.42. The van der Waals surface area contributed by atoms with E-state index in [9.17, 15) is 14.4 Å². The lowest BCUT2D eigenvalue weighted by molar-refractivity contribution is 0.0995. The maximum atomic E-state index is 12.5. The molecule has 30 heavy (non-hydrogen) atoms. The topological polar surface area (TPSA) is 156 Å². The van der Waals surface area contributed by atoms with Crippen LogP contribution in [0.5, 0.6) is 0 Å². The molecule has 1 fully saturated rings. The second kappa shape index (κ2) is 8.85. The lowest BCUT2D eigenvalue weighted by Gasteiger charge is -2.33. The number of anilines is 3. The van der Waals surface area contributed by atoms with Crippen LogP contribution in [-0.2, 0) is 0 Å². The summed E-state index contributed by atoms with van der Waals surface area (Å²) in [4.78, 5) is 42.7. The van der Waals surface area contributed by atoms with E-state index in [1.165, 1.54) is 19.4 Å². The molecule has 1 amide bonds. The molecule has 1 aromatic carbocycles. The van der Waals surface area contributed by atoms with Crippen molar-refractivity contribution in [1.82, 2.24) is 9.97 Å². The molecule has 0 aliphatic heterocycles. The summed E-state index contributed by atoms with van der Waals surface area (Å²) < 4.78 is 0. The monoisotopic (exact) mass is 432 g/mol. The van der Waals surface area contributed by atoms with E-state index in [2.05, 4.69) is 20.6 Å². The largest absolute Gasteiger partial charge is 0.365 e. The SMILES string of the molecule is CC(=O)c1ccc(Nc2nc(NCC3(N)CCCCC3)[nH]c(=O)c2C(N)=O)cc1Cl. The quantitative estimate of drug-likeness (QED) is 0.421. The molecule has 3 rings (SSSR count). The standard InChI is InChI=1S/C20H25ClN6O3/c1-11(28)13-6-5-12(9-14(13)21)25-17-15(16(22)29)18(30)27-19(26-17)24-10-20(23)7-3-2-4-8-20/h5-6,9H,2-4,7-8,10,23H2,1H3,(H2,22,29)(H3,24,25,26,27,30). The zero-order valence-electron chi connectivity index (χ0n) is 16.7. The molecule has 2 aromatic rings. The van der Waals surface area contributed by atoms with Gasteiger partial charge in [0, 0.05) is 23.3 Å². The summed E-state index contributed by atoms with van der Waals surface area (Å²) in [6.45, 7) is 1.84. The molecule has 1 heterocycles. The first-order valence-electron chi connectivity index (χ1n) is 9.73. The fourth-order valence-electron chi connectivity index (χ4n) is 3.58. The molecule has 0 radical (unpaired) electrons. The average Bonchev–Trinajstić information content (AvgIpc) is 2.66. The Morgan fingerprint density at radius 2 is 1.97 bits per heavy atom. The number of nitrogens with two attached hydrogens (primary N) is 2. The molecule has 0 saturated heterocycles. The summed E-state index contributed by atoms with van der Waals surface area (Å²) in [6.07, 6.45) is 5.06. The highest BCUT2D eigenvalue weighted by molar-refractivity contribution is 6.34. The number of aromatic amines is 1. The van der Waals surface area contributed by atoms with Crippen molar-refractivity contribution in [2.75, 3.05) is 17.2 Å². The minimum absolute atomic E-state index is 0.0184. The Balaban J connectivity index is 1.88. The molecule has 0 spiro atoms. The predicted molar refractivity (Wildman–Crippen MR) is 117 cm³/mol. The van der Waals surface area contributed by atoms with E-state index < -0.39 is 11.5 Å². The summed E-state index contributed by atoms with van der Waals surface area (Å²) >= 11 is 6.14. The number of halogens is 1. The summed E-state index contributed by atoms with van der Waals surface area (Å²) in [5.74, 6) is -0.945. The van der Waals surface area contributed by atoms with Crippen molar-refractivity contribution in [1.29, 1.82) is 0 Å². The number of carbonyl (C=O) groups excluding carboxylic acids is 2. The Morgan fingerprint density at radius 3 is 2.57 bits per heavy atom. The van der Waals surface area contributed by atoms with Gasteiger partial charge in [0.2, 0.25) is 5.95 Å². The second-order valence-electron chi connectivity index (χ2n) is 7.65. The van der Waals surface area contributed by atoms with Gasteiger partial charge in [0.15, 0.2) is 11.6 Å². The molecule has 1 aromatic heterocycles. The molecule has 1 aliphatic rings. The maximum absolute atomic E-state index is 12.5. The van der Waals surface area contributed by atoms with Crippen molar-refractivity contribution in [3.8, 4) is 0 Å². The van der Waals surface area contributed by atoms with E-state index in [-0.39, 0.29) is 33.7 Å². The first-order valence-corrected chi connectivity index (χ1v) is 10.1. The average molecular weight is 433 g/mol. The van der Waals surface area contributed by atoms with Crippen LogP contribution in [-0.4, -0.2) is 33.7 Å². The number of amides is 1. The number of rotatable bonds is 7. The first kappa shape index (κ1) is 21.8. The highest BCUT2D eigenvalue weighted by Crippen LogP contribution is 2.27. The third-order valence-corrected chi connectivity index (χ3v) is 5.55. The van der Waals surface area contributed by atoms with Crippen molar-refractivity contribution in [2.45, 2.75) is 44.6 Å². The Hall–Kier alpha value is -2.91. The number of nitrogens with zero attached hydrogens (tertiary/aromatic N) is 1. The molecule has 10 heteroatoms. The molecule has 7 N–H and O–H groups in total. The first-order chi connectivity index (χ1) is 14.2. The van der Waals surface area contributed by atoms with Crippen LogP contribution in [0.2, 0.25) is 5.02 Å². The van der Waals surface area contributed by atoms with Gasteiger partial charge >= 0.3 is 0 Å². The Morgan fingerprint density at radius 1 is 1.27 bits per heavy atom. The zero-order valence-corrected chi connectivity index (χ0v) is 17.4. The van der Waals surface area contributed by atoms with E-state index in [1.807, 2.05) is 0 Å². The smallest absolute Gasteiger partial charge is 0.267 e. The lowest BCUT2D eigenvalue weighted by Crippen LogP contribution is -2.48. The fourth-order valence-corrected chi connectivity index (χ4v) is 3.90. The minimum atomic E-state index is -0.924. The van der Waals surface area contributed by atoms with Gasteiger partial charge in [-0.1, -0.05) is 30.9 Å². The van der Waals surface area contributed by atoms with Crippen LogP contribution >= 0.6 is 11.6 Å². The van der Waals surface area contributed by atoms with E-state index in [0.29, 0.717) is 17.8 Å². The van der Waals surface area contributed by atoms with Crippen LogP contribution in [0.25, 0.3) is 0 Å². The number of benzene rings is 1. The highest BCUT2D eigenvalue weighted by atomic mass is 35.5. The number of aromatic nitrogens is 2. The van der Waals surface area contributed by atoms with Crippen LogP contribution in [0.15, 0.2) is 23.0 Å². The zero-order chi connectivity index (χ0) is 21.9. The van der Waals surface area contributed by atoms with E-state index in [4.69, 9.17) is 23.1 Å². The van der Waals surface area contributed by atoms with Crippen molar-refractivity contribution in [2.24, 2.45) is 11.5 Å². The van der Waals surface area contributed by atoms with Gasteiger partial charge in [0.25, 0.3) is 11.5 Å². The van der Waals surface area contributed by atoms with Crippen molar-refractivity contribution in [3.63, 3.8) is 0 Å². The molecular weight excluding hydrogens is 408 g/mol. The molecule has 1 saturated carbocycles. The number of hydrogen-bond donors (Lipinski definition) is 5. The van der Waals surface area contributed by atoms with Crippen LogP contribution in [0.1, 0.15) is 59.7 Å². The van der Waals surface area contributed by atoms with Gasteiger partial charge in [-0.3, -0.25) is 19.4 Å². The molecule has 160 valence electrons. The molecule has 0 unspecified atom stereocenters. The molecule has 0 bridgehead atoms. The highest BCUT2D eigenvalue weighted by Gasteiger charge is 2.27. The third kappa shape index (κ3) is 4.98. The number of primary amides is 1. The van der Waals surface area contributed by atoms with Crippen molar-refractivity contribution >= 4 is 40.7 Å². The van der Waals surface area contributed by atoms with E-state index in [0.717, 1.165) is 25.7 Å². The second-order valence-corrected chi connectivity index (χ2v) is 8.06. The number of nitrogens with one attached hydrogen (secondary N) is 3. The lowest BCUT2D eigenvalue weighted by atomic mass is 9.82. The predicted octanol–water partition coefficient (Wildman–Crippen LogP) is 2.54. The van der Waals surface area contributed by atoms with Crippen LogP contribution in [0.4, 0.5) is 17.5 Å². The van der Waals surface area contributed by atoms with E-state index >= 15 is 0 Å². The molecule has 1 aliphatic carbocycles. The maximum Gasteiger partial charge on any atom is 0.267 e. The van der Waals surface area contributed by atoms with Gasteiger partial charge in [-0.15, -0.1) is 0 Å². The van der Waals surface area contributed by atoms with Crippen molar-refractivity contribution in [3.05, 3.63) is 44.7 Å². The fraction of sp³-hybridized carbons (Fsp3) is 0.400. The van der Waals surface area contributed by atoms with Crippen LogP contribution in [0, 0.1) is 0 Å². The summed E-state index contributed by atoms with van der Waals surface area (Å²) in [7, 11) is 0. The molecule has 0 atom stereocenters. The summed E-state index contributed by atoms with van der Waals surface area (Å²) in [5.41, 5.74) is 11.2. The number of H-pyrrole nitrogens is 1. The molecular formula is C20H25ClN6O3. The van der Waals surface area contributed by atoms with E-state index in [1.54, 1.807) is 12.1 Å². The van der Waals surface area contributed by atoms with Crippen LogP contribution in [0.3, 0.4) is 0 Å². The molecule has 9 nitrogen and oxygen atoms in total. The van der Waals surface area contributed by atoms with Gasteiger partial charge in [-0.25, -0.2) is 0 Å². The minimum Gasteiger partial charge on any atom is -0.365 e. The van der Waals surface area contributed by atoms with Gasteiger partial charge in [-0.05, 0) is 38.0 Å². The Labute approximate surface area is 178 Å². The number of Topliss-reactive ketones (excluding diaryl/α,β-unsaturated/α-hetero) is 1. The number of carbonyl (C=O) groups is 2. The normalized spacial score (nSPS) is 15.4. The summed E-state index contributed by atoms with van der Waals surface area (Å²) in [5, 5.41) is 6.19. The van der Waals surface area contributed by atoms with Crippen molar-refractivity contribution < 1.29 is 9.59 Å². The van der Waals surface area contributed by atoms with Gasteiger partial charge < -0.3 is 22.1 Å². The third-order valence-electron chi connectivity index (χ3n) is 5.23. The van der Waals surface area contributed by atoms with Crippen LogP contribution < -0.4 is 27.7 Å². The van der Waals surface area contributed by atoms with Gasteiger partial charge in [0.05, 0.1) is 5.02 Å². The number of hydrogen-bond acceptors (Lipinski definition) is 7. The summed E-state index contributed by atoms with van der Waals surface area (Å²) in [6, 6.07) is 4.65. The van der Waals surface area contributed by atoms with Gasteiger partial charge in [-0.2, -0.15) is 4.98 Å². The number of ketones is 1.